The first-order valence-electron chi connectivity index (χ1n) is 7.88. The van der Waals surface area contributed by atoms with Crippen LogP contribution in [0.3, 0.4) is 0 Å². The number of hydrogen-bond donors (Lipinski definition) is 0. The fourth-order valence-corrected chi connectivity index (χ4v) is 3.46. The summed E-state index contributed by atoms with van der Waals surface area (Å²) in [4.78, 5) is 7.31. The van der Waals surface area contributed by atoms with Gasteiger partial charge in [0.05, 0.1) is 0 Å². The molecule has 118 valence electrons. The molecular weight excluding hydrogens is 326 g/mol. The molecule has 1 heterocycles. The van der Waals surface area contributed by atoms with E-state index in [0.717, 1.165) is 26.2 Å². The lowest BCUT2D eigenvalue weighted by molar-refractivity contribution is 0.250. The molecule has 21 heavy (non-hydrogen) atoms. The smallest absolute Gasteiger partial charge is 0.0265 e. The molecule has 2 rings (SSSR count). The maximum Gasteiger partial charge on any atom is 0.0265 e. The van der Waals surface area contributed by atoms with Crippen LogP contribution in [0.2, 0.25) is 0 Å². The highest BCUT2D eigenvalue weighted by molar-refractivity contribution is 9.10. The highest BCUT2D eigenvalue weighted by Gasteiger charge is 2.11. The molecule has 1 aliphatic heterocycles. The van der Waals surface area contributed by atoms with Crippen molar-refractivity contribution in [1.82, 2.24) is 14.7 Å². The first-order valence-corrected chi connectivity index (χ1v) is 8.67. The van der Waals surface area contributed by atoms with Crippen LogP contribution < -0.4 is 0 Å². The van der Waals surface area contributed by atoms with Crippen molar-refractivity contribution in [1.29, 1.82) is 0 Å². The maximum absolute atomic E-state index is 3.82. The largest absolute Gasteiger partial charge is 0.306 e. The predicted octanol–water partition coefficient (Wildman–Crippen LogP) is 3.04. The van der Waals surface area contributed by atoms with Crippen molar-refractivity contribution in [2.45, 2.75) is 25.9 Å². The van der Waals surface area contributed by atoms with E-state index in [0.29, 0.717) is 0 Å². The molecule has 0 fully saturated rings. The van der Waals surface area contributed by atoms with Crippen LogP contribution in [-0.4, -0.2) is 62.0 Å². The molecule has 1 aromatic rings. The van der Waals surface area contributed by atoms with Crippen LogP contribution >= 0.6 is 15.9 Å². The molecule has 0 unspecified atom stereocenters. The van der Waals surface area contributed by atoms with Gasteiger partial charge in [0, 0.05) is 17.6 Å². The molecule has 4 heteroatoms. The van der Waals surface area contributed by atoms with Crippen molar-refractivity contribution in [3.63, 3.8) is 0 Å². The molecule has 0 saturated carbocycles. The Hall–Kier alpha value is -0.420. The number of fused-ring (bicyclic) bond motifs is 2. The summed E-state index contributed by atoms with van der Waals surface area (Å²) in [5.41, 5.74) is 2.79. The lowest BCUT2D eigenvalue weighted by atomic mass is 10.1. The van der Waals surface area contributed by atoms with Crippen LogP contribution in [-0.2, 0) is 13.1 Å². The molecule has 1 aromatic carbocycles. The number of halogens is 1. The number of rotatable bonds is 0. The molecule has 1 aliphatic rings. The van der Waals surface area contributed by atoms with Crippen LogP contribution in [0.1, 0.15) is 24.0 Å². The number of benzene rings is 1. The van der Waals surface area contributed by atoms with Crippen LogP contribution in [0.25, 0.3) is 0 Å². The van der Waals surface area contributed by atoms with E-state index < -0.39 is 0 Å². The fourth-order valence-electron chi connectivity index (χ4n) is 2.95. The van der Waals surface area contributed by atoms with Gasteiger partial charge in [-0.2, -0.15) is 0 Å². The summed E-state index contributed by atoms with van der Waals surface area (Å²) in [6, 6.07) is 6.67. The molecule has 0 radical (unpaired) electrons. The quantitative estimate of drug-likeness (QED) is 0.709. The predicted molar refractivity (Wildman–Crippen MR) is 93.5 cm³/mol. The Kier molecular flexibility index (Phi) is 6.68. The number of nitrogens with zero attached hydrogens (tertiary/aromatic N) is 3. The van der Waals surface area contributed by atoms with E-state index in [2.05, 4.69) is 70.0 Å². The van der Waals surface area contributed by atoms with Crippen LogP contribution in [0.5, 0.6) is 0 Å². The summed E-state index contributed by atoms with van der Waals surface area (Å²) in [5.74, 6) is 0. The van der Waals surface area contributed by atoms with Crippen molar-refractivity contribution >= 4 is 15.9 Å². The summed E-state index contributed by atoms with van der Waals surface area (Å²) < 4.78 is 1.29. The van der Waals surface area contributed by atoms with Gasteiger partial charge in [-0.05, 0) is 71.3 Å². The second-order valence-electron chi connectivity index (χ2n) is 6.38. The van der Waals surface area contributed by atoms with Gasteiger partial charge >= 0.3 is 0 Å². The normalized spacial score (nSPS) is 21.1. The van der Waals surface area contributed by atoms with Gasteiger partial charge in [-0.3, -0.25) is 0 Å². The Morgan fingerprint density at radius 2 is 1.19 bits per heavy atom. The molecular formula is C17H28BrN3. The third-order valence-electron chi connectivity index (χ3n) is 4.20. The summed E-state index contributed by atoms with van der Waals surface area (Å²) >= 11 is 3.82. The summed E-state index contributed by atoms with van der Waals surface area (Å²) in [5, 5.41) is 0. The zero-order chi connectivity index (χ0) is 15.2. The lowest BCUT2D eigenvalue weighted by Gasteiger charge is -2.24. The molecule has 0 atom stereocenters. The summed E-state index contributed by atoms with van der Waals surface area (Å²) in [7, 11) is 6.68. The van der Waals surface area contributed by atoms with Gasteiger partial charge < -0.3 is 14.7 Å². The van der Waals surface area contributed by atoms with Crippen molar-refractivity contribution in [3.8, 4) is 0 Å². The van der Waals surface area contributed by atoms with Crippen molar-refractivity contribution in [3.05, 3.63) is 33.8 Å². The van der Waals surface area contributed by atoms with Crippen molar-refractivity contribution < 1.29 is 0 Å². The van der Waals surface area contributed by atoms with E-state index >= 15 is 0 Å². The zero-order valence-electron chi connectivity index (χ0n) is 13.6. The van der Waals surface area contributed by atoms with E-state index in [4.69, 9.17) is 0 Å². The van der Waals surface area contributed by atoms with E-state index in [-0.39, 0.29) is 0 Å². The minimum absolute atomic E-state index is 1.02. The molecule has 0 aromatic heterocycles. The average molecular weight is 354 g/mol. The van der Waals surface area contributed by atoms with E-state index in [9.17, 15) is 0 Å². The molecule has 3 nitrogen and oxygen atoms in total. The Bertz CT molecular complexity index is 413. The Labute approximate surface area is 138 Å². The van der Waals surface area contributed by atoms with Crippen LogP contribution in [0, 0.1) is 0 Å². The molecule has 0 spiro atoms. The maximum atomic E-state index is 3.82. The monoisotopic (exact) mass is 353 g/mol. The third-order valence-corrected chi connectivity index (χ3v) is 5.22. The average Bonchev–Trinajstić information content (AvgIpc) is 2.42. The summed E-state index contributed by atoms with van der Waals surface area (Å²) in [6.07, 6.45) is 2.47. The molecule has 0 saturated heterocycles. The van der Waals surface area contributed by atoms with Gasteiger partial charge in [0.15, 0.2) is 0 Å². The first-order chi connectivity index (χ1) is 10.1. The van der Waals surface area contributed by atoms with Gasteiger partial charge in [0.1, 0.15) is 0 Å². The Balaban J connectivity index is 2.14. The van der Waals surface area contributed by atoms with Gasteiger partial charge in [-0.1, -0.05) is 34.1 Å². The second-order valence-corrected chi connectivity index (χ2v) is 7.17. The van der Waals surface area contributed by atoms with E-state index in [1.54, 1.807) is 0 Å². The topological polar surface area (TPSA) is 9.72 Å². The molecule has 0 amide bonds. The van der Waals surface area contributed by atoms with Crippen LogP contribution in [0.4, 0.5) is 0 Å². The fraction of sp³-hybridized carbons (Fsp3) is 0.647. The third kappa shape index (κ3) is 5.37. The second kappa shape index (κ2) is 8.28. The van der Waals surface area contributed by atoms with Gasteiger partial charge in [-0.15, -0.1) is 0 Å². The van der Waals surface area contributed by atoms with E-state index in [1.165, 1.54) is 41.5 Å². The lowest BCUT2D eigenvalue weighted by Crippen LogP contribution is -2.29. The SMILES string of the molecule is CN1CCCN(C)Cc2cccc(c2Br)CN(C)CCC1. The van der Waals surface area contributed by atoms with Crippen LogP contribution in [0.15, 0.2) is 22.7 Å². The standard InChI is InChI=1S/C17H28BrN3/c1-19-9-5-11-20(2)13-15-7-4-8-16(17(15)18)14-21(3)12-6-10-19/h4,7-8H,5-6,9-14H2,1-3H3. The van der Waals surface area contributed by atoms with Gasteiger partial charge in [0.25, 0.3) is 0 Å². The molecule has 0 N–H and O–H groups in total. The Morgan fingerprint density at radius 1 is 0.762 bits per heavy atom. The first kappa shape index (κ1) is 16.9. The highest BCUT2D eigenvalue weighted by atomic mass is 79.9. The summed E-state index contributed by atoms with van der Waals surface area (Å²) in [6.45, 7) is 6.72. The van der Waals surface area contributed by atoms with Gasteiger partial charge in [-0.25, -0.2) is 0 Å². The van der Waals surface area contributed by atoms with Crippen molar-refractivity contribution in [2.24, 2.45) is 0 Å². The number of hydrogen-bond acceptors (Lipinski definition) is 3. The van der Waals surface area contributed by atoms with Crippen molar-refractivity contribution in [2.75, 3.05) is 47.3 Å². The Morgan fingerprint density at radius 3 is 1.67 bits per heavy atom. The zero-order valence-corrected chi connectivity index (χ0v) is 15.2. The molecule has 2 bridgehead atoms. The minimum Gasteiger partial charge on any atom is -0.306 e. The van der Waals surface area contributed by atoms with E-state index in [1.807, 2.05) is 0 Å². The highest BCUT2D eigenvalue weighted by Crippen LogP contribution is 2.24. The molecule has 0 aliphatic carbocycles. The van der Waals surface area contributed by atoms with Gasteiger partial charge in [0.2, 0.25) is 0 Å². The minimum atomic E-state index is 1.02.